The lowest BCUT2D eigenvalue weighted by molar-refractivity contribution is -0.148. The van der Waals surface area contributed by atoms with E-state index in [1.165, 1.54) is 0 Å². The Morgan fingerprint density at radius 3 is 2.62 bits per heavy atom. The molecule has 0 aliphatic heterocycles. The van der Waals surface area contributed by atoms with E-state index in [4.69, 9.17) is 9.15 Å². The first-order chi connectivity index (χ1) is 12.5. The summed E-state index contributed by atoms with van der Waals surface area (Å²) in [4.78, 5) is 23.8. The highest BCUT2D eigenvalue weighted by atomic mass is 79.9. The summed E-state index contributed by atoms with van der Waals surface area (Å²) in [5.41, 5.74) is 1.60. The minimum absolute atomic E-state index is 0.125. The van der Waals surface area contributed by atoms with Gasteiger partial charge in [-0.15, -0.1) is 0 Å². The van der Waals surface area contributed by atoms with Crippen molar-refractivity contribution in [1.82, 2.24) is 5.32 Å². The van der Waals surface area contributed by atoms with E-state index in [0.717, 1.165) is 21.0 Å². The third kappa shape index (κ3) is 4.73. The summed E-state index contributed by atoms with van der Waals surface area (Å²) >= 11 is 3.34. The van der Waals surface area contributed by atoms with E-state index in [2.05, 4.69) is 21.2 Å². The number of para-hydroxylation sites is 1. The molecule has 0 aliphatic carbocycles. The van der Waals surface area contributed by atoms with E-state index in [1.807, 2.05) is 61.5 Å². The number of carbonyl (C=O) groups excluding carboxylic acids is 2. The van der Waals surface area contributed by atoms with Gasteiger partial charge in [-0.3, -0.25) is 9.59 Å². The topological polar surface area (TPSA) is 68.5 Å². The Labute approximate surface area is 159 Å². The summed E-state index contributed by atoms with van der Waals surface area (Å²) in [6.45, 7) is 1.50. The molecule has 0 saturated carbocycles. The van der Waals surface area contributed by atoms with Crippen molar-refractivity contribution in [3.05, 3.63) is 70.4 Å². The Bertz CT molecular complexity index is 884. The van der Waals surface area contributed by atoms with Gasteiger partial charge < -0.3 is 14.5 Å². The monoisotopic (exact) mass is 415 g/mol. The highest BCUT2D eigenvalue weighted by Crippen LogP contribution is 2.23. The van der Waals surface area contributed by atoms with Gasteiger partial charge in [0.25, 0.3) is 5.91 Å². The number of hydrogen-bond donors (Lipinski definition) is 1. The van der Waals surface area contributed by atoms with Crippen LogP contribution in [0.1, 0.15) is 24.3 Å². The van der Waals surface area contributed by atoms with E-state index in [0.29, 0.717) is 5.76 Å². The van der Waals surface area contributed by atoms with Crippen molar-refractivity contribution in [3.63, 3.8) is 0 Å². The number of rotatable bonds is 6. The van der Waals surface area contributed by atoms with Gasteiger partial charge in [0.05, 0.1) is 12.5 Å². The van der Waals surface area contributed by atoms with Crippen molar-refractivity contribution in [2.45, 2.75) is 19.4 Å². The molecular formula is C20H18BrNO4. The van der Waals surface area contributed by atoms with Crippen LogP contribution in [0.4, 0.5) is 0 Å². The maximum atomic E-state index is 12.0. The summed E-state index contributed by atoms with van der Waals surface area (Å²) in [7, 11) is 0. The third-order valence-electron chi connectivity index (χ3n) is 3.87. The molecule has 0 unspecified atom stereocenters. The van der Waals surface area contributed by atoms with Crippen LogP contribution in [0.5, 0.6) is 0 Å². The number of fused-ring (bicyclic) bond motifs is 1. The number of esters is 1. The van der Waals surface area contributed by atoms with Crippen molar-refractivity contribution in [2.24, 2.45) is 0 Å². The molecule has 1 amide bonds. The minimum atomic E-state index is -0.445. The molecule has 1 heterocycles. The number of halogens is 1. The summed E-state index contributed by atoms with van der Waals surface area (Å²) in [6, 6.07) is 16.6. The zero-order chi connectivity index (χ0) is 18.5. The highest BCUT2D eigenvalue weighted by Gasteiger charge is 2.15. The van der Waals surface area contributed by atoms with Gasteiger partial charge in [0, 0.05) is 9.86 Å². The molecule has 26 heavy (non-hydrogen) atoms. The number of amides is 1. The van der Waals surface area contributed by atoms with Gasteiger partial charge in [-0.05, 0) is 36.8 Å². The van der Waals surface area contributed by atoms with E-state index in [-0.39, 0.29) is 25.0 Å². The van der Waals surface area contributed by atoms with Crippen molar-refractivity contribution < 1.29 is 18.7 Å². The molecular weight excluding hydrogens is 398 g/mol. The van der Waals surface area contributed by atoms with Gasteiger partial charge in [0.15, 0.2) is 6.61 Å². The van der Waals surface area contributed by atoms with Crippen LogP contribution in [-0.2, 0) is 20.7 Å². The van der Waals surface area contributed by atoms with Crippen LogP contribution >= 0.6 is 15.9 Å². The van der Waals surface area contributed by atoms with Gasteiger partial charge in [0.1, 0.15) is 11.3 Å². The minimum Gasteiger partial charge on any atom is -0.459 e. The third-order valence-corrected chi connectivity index (χ3v) is 4.40. The fourth-order valence-corrected chi connectivity index (χ4v) is 2.80. The van der Waals surface area contributed by atoms with Crippen molar-refractivity contribution in [1.29, 1.82) is 0 Å². The average Bonchev–Trinajstić information content (AvgIpc) is 3.06. The van der Waals surface area contributed by atoms with Gasteiger partial charge in [-0.25, -0.2) is 0 Å². The lowest BCUT2D eigenvalue weighted by atomic mass is 10.2. The molecule has 1 aromatic heterocycles. The molecule has 0 saturated heterocycles. The van der Waals surface area contributed by atoms with Crippen LogP contribution in [0.25, 0.3) is 11.0 Å². The van der Waals surface area contributed by atoms with Crippen LogP contribution in [0.15, 0.2) is 63.5 Å². The number of nitrogens with one attached hydrogen (secondary N) is 1. The maximum absolute atomic E-state index is 12.0. The fourth-order valence-electron chi connectivity index (χ4n) is 2.54. The molecule has 0 spiro atoms. The molecule has 134 valence electrons. The number of hydrogen-bond acceptors (Lipinski definition) is 4. The second-order valence-corrected chi connectivity index (χ2v) is 6.86. The Kier molecular flexibility index (Phi) is 5.73. The number of ether oxygens (including phenoxy) is 1. The first-order valence-corrected chi connectivity index (χ1v) is 8.98. The van der Waals surface area contributed by atoms with Crippen molar-refractivity contribution >= 4 is 38.8 Å². The number of benzene rings is 2. The predicted octanol–water partition coefficient (Wildman–Crippen LogP) is 4.16. The van der Waals surface area contributed by atoms with Crippen molar-refractivity contribution in [2.75, 3.05) is 6.61 Å². The van der Waals surface area contributed by atoms with Gasteiger partial charge in [-0.1, -0.05) is 46.3 Å². The zero-order valence-corrected chi connectivity index (χ0v) is 15.8. The Morgan fingerprint density at radius 1 is 1.15 bits per heavy atom. The van der Waals surface area contributed by atoms with Crippen LogP contribution in [0, 0.1) is 0 Å². The molecule has 1 atom stereocenters. The summed E-state index contributed by atoms with van der Waals surface area (Å²) in [5, 5.41) is 3.74. The SMILES string of the molecule is C[C@@H](NC(=O)COC(=O)Cc1ccc(Br)cc1)c1cc2ccccc2o1. The maximum Gasteiger partial charge on any atom is 0.310 e. The Balaban J connectivity index is 1.48. The molecule has 6 heteroatoms. The summed E-state index contributed by atoms with van der Waals surface area (Å²) in [6.07, 6.45) is 0.125. The van der Waals surface area contributed by atoms with Crippen LogP contribution < -0.4 is 5.32 Å². The lowest BCUT2D eigenvalue weighted by Crippen LogP contribution is -2.31. The summed E-state index contributed by atoms with van der Waals surface area (Å²) < 4.78 is 11.7. The quantitative estimate of drug-likeness (QED) is 0.613. The van der Waals surface area contributed by atoms with Gasteiger partial charge in [0.2, 0.25) is 0 Å². The molecule has 3 rings (SSSR count). The second kappa shape index (κ2) is 8.19. The normalized spacial score (nSPS) is 11.9. The van der Waals surface area contributed by atoms with Gasteiger partial charge >= 0.3 is 5.97 Å². The summed E-state index contributed by atoms with van der Waals surface area (Å²) in [5.74, 6) is -0.165. The lowest BCUT2D eigenvalue weighted by Gasteiger charge is -2.11. The van der Waals surface area contributed by atoms with Crippen molar-refractivity contribution in [3.8, 4) is 0 Å². The van der Waals surface area contributed by atoms with Crippen LogP contribution in [0.2, 0.25) is 0 Å². The smallest absolute Gasteiger partial charge is 0.310 e. The Hall–Kier alpha value is -2.60. The molecule has 0 aliphatic rings. The number of carbonyl (C=O) groups is 2. The van der Waals surface area contributed by atoms with Crippen LogP contribution in [0.3, 0.4) is 0 Å². The molecule has 2 aromatic carbocycles. The predicted molar refractivity (Wildman–Crippen MR) is 102 cm³/mol. The van der Waals surface area contributed by atoms with Crippen LogP contribution in [-0.4, -0.2) is 18.5 Å². The highest BCUT2D eigenvalue weighted by molar-refractivity contribution is 9.10. The molecule has 3 aromatic rings. The first kappa shape index (κ1) is 18.2. The van der Waals surface area contributed by atoms with E-state index in [1.54, 1.807) is 0 Å². The zero-order valence-electron chi connectivity index (χ0n) is 14.2. The van der Waals surface area contributed by atoms with E-state index >= 15 is 0 Å². The fraction of sp³-hybridized carbons (Fsp3) is 0.200. The largest absolute Gasteiger partial charge is 0.459 e. The number of furan rings is 1. The first-order valence-electron chi connectivity index (χ1n) is 8.19. The molecule has 0 radical (unpaired) electrons. The standard InChI is InChI=1S/C20H18BrNO4/c1-13(18-11-15-4-2-3-5-17(15)26-18)22-19(23)12-25-20(24)10-14-6-8-16(21)9-7-14/h2-9,11,13H,10,12H2,1H3,(H,22,23)/t13-/m1/s1. The molecule has 1 N–H and O–H groups in total. The molecule has 0 fully saturated rings. The Morgan fingerprint density at radius 2 is 1.88 bits per heavy atom. The van der Waals surface area contributed by atoms with Gasteiger partial charge in [-0.2, -0.15) is 0 Å². The van der Waals surface area contributed by atoms with E-state index in [9.17, 15) is 9.59 Å². The van der Waals surface area contributed by atoms with E-state index < -0.39 is 5.97 Å². The average molecular weight is 416 g/mol. The molecule has 0 bridgehead atoms. The second-order valence-electron chi connectivity index (χ2n) is 5.94. The molecule has 5 nitrogen and oxygen atoms in total.